The number of nitrogens with one attached hydrogen (secondary N) is 2. The highest BCUT2D eigenvalue weighted by atomic mass is 19.1. The van der Waals surface area contributed by atoms with Crippen molar-refractivity contribution in [2.75, 3.05) is 10.6 Å². The number of hydrogen-bond donors (Lipinski definition) is 2. The van der Waals surface area contributed by atoms with Gasteiger partial charge < -0.3 is 10.6 Å². The molecule has 0 radical (unpaired) electrons. The Labute approximate surface area is 154 Å². The molecule has 0 aliphatic heterocycles. The highest BCUT2D eigenvalue weighted by Crippen LogP contribution is 2.21. The van der Waals surface area contributed by atoms with Gasteiger partial charge in [0, 0.05) is 17.4 Å². The lowest BCUT2D eigenvalue weighted by Gasteiger charge is -2.10. The Morgan fingerprint density at radius 1 is 0.889 bits per heavy atom. The lowest BCUT2D eigenvalue weighted by atomic mass is 10.1. The number of Topliss-reactive ketones (excluding diaryl/α,β-unsaturated/α-hetero) is 1. The van der Waals surface area contributed by atoms with Crippen LogP contribution < -0.4 is 10.6 Å². The maximum Gasteiger partial charge on any atom is 0.257 e. The Balaban J connectivity index is 1.80. The van der Waals surface area contributed by atoms with Crippen LogP contribution in [0.25, 0.3) is 0 Å². The first-order valence-electron chi connectivity index (χ1n) is 8.02. The molecule has 136 valence electrons. The molecule has 0 bridgehead atoms. The number of rotatable bonds is 5. The Hall–Kier alpha value is -3.61. The number of ketones is 1. The minimum absolute atomic E-state index is 0.0724. The zero-order chi connectivity index (χ0) is 19.4. The van der Waals surface area contributed by atoms with E-state index < -0.39 is 23.2 Å². The maximum absolute atomic E-state index is 13.7. The number of pyridine rings is 1. The van der Waals surface area contributed by atoms with Crippen LogP contribution in [0.1, 0.15) is 27.6 Å². The fourth-order valence-electron chi connectivity index (χ4n) is 2.42. The molecule has 1 aromatic heterocycles. The molecule has 2 N–H and O–H groups in total. The number of amides is 1. The quantitative estimate of drug-likeness (QED) is 0.649. The van der Waals surface area contributed by atoms with Crippen molar-refractivity contribution in [3.05, 3.63) is 83.7 Å². The highest BCUT2D eigenvalue weighted by Gasteiger charge is 2.14. The lowest BCUT2D eigenvalue weighted by molar-refractivity contribution is 0.101. The molecule has 0 aliphatic rings. The number of aromatic nitrogens is 1. The van der Waals surface area contributed by atoms with Gasteiger partial charge in [-0.3, -0.25) is 14.6 Å². The highest BCUT2D eigenvalue weighted by molar-refractivity contribution is 6.04. The van der Waals surface area contributed by atoms with Gasteiger partial charge in [0.25, 0.3) is 5.91 Å². The second-order valence-electron chi connectivity index (χ2n) is 5.78. The fourth-order valence-corrected chi connectivity index (χ4v) is 2.42. The largest absolute Gasteiger partial charge is 0.354 e. The molecule has 27 heavy (non-hydrogen) atoms. The van der Waals surface area contributed by atoms with E-state index in [1.54, 1.807) is 24.3 Å². The van der Waals surface area contributed by atoms with Crippen molar-refractivity contribution in [1.29, 1.82) is 0 Å². The number of anilines is 3. The van der Waals surface area contributed by atoms with Crippen LogP contribution in [-0.2, 0) is 0 Å². The van der Waals surface area contributed by atoms with Gasteiger partial charge in [0.2, 0.25) is 0 Å². The molecule has 5 nitrogen and oxygen atoms in total. The van der Waals surface area contributed by atoms with Gasteiger partial charge in [-0.1, -0.05) is 18.2 Å². The molecule has 1 heterocycles. The first-order chi connectivity index (χ1) is 12.9. The van der Waals surface area contributed by atoms with Crippen molar-refractivity contribution in [3.63, 3.8) is 0 Å². The van der Waals surface area contributed by atoms with E-state index in [0.29, 0.717) is 16.9 Å². The topological polar surface area (TPSA) is 71.1 Å². The van der Waals surface area contributed by atoms with Crippen LogP contribution >= 0.6 is 0 Å². The molecule has 2 aromatic carbocycles. The van der Waals surface area contributed by atoms with Crippen molar-refractivity contribution in [3.8, 4) is 0 Å². The summed E-state index contributed by atoms with van der Waals surface area (Å²) in [5, 5.41) is 5.25. The monoisotopic (exact) mass is 367 g/mol. The molecule has 0 spiro atoms. The van der Waals surface area contributed by atoms with Crippen molar-refractivity contribution >= 4 is 28.8 Å². The normalized spacial score (nSPS) is 10.3. The Morgan fingerprint density at radius 2 is 1.56 bits per heavy atom. The molecular weight excluding hydrogens is 352 g/mol. The Kier molecular flexibility index (Phi) is 5.21. The van der Waals surface area contributed by atoms with E-state index in [0.717, 1.165) is 12.1 Å². The minimum atomic E-state index is -0.869. The standard InChI is InChI=1S/C20H15F2N3O2/c1-12(26)13-4-2-5-15(8-13)24-16-9-14(10-23-11-16)20(27)25-19-17(21)6-3-7-18(19)22/h2-11,24H,1H3,(H,25,27). The number of para-hydroxylation sites is 1. The third-order valence-electron chi connectivity index (χ3n) is 3.76. The third-order valence-corrected chi connectivity index (χ3v) is 3.76. The zero-order valence-electron chi connectivity index (χ0n) is 14.3. The lowest BCUT2D eigenvalue weighted by Crippen LogP contribution is -2.14. The van der Waals surface area contributed by atoms with Crippen molar-refractivity contribution < 1.29 is 18.4 Å². The molecule has 3 rings (SSSR count). The average molecular weight is 367 g/mol. The number of halogens is 2. The molecule has 0 fully saturated rings. The first kappa shape index (κ1) is 18.2. The van der Waals surface area contributed by atoms with Crippen molar-refractivity contribution in [2.24, 2.45) is 0 Å². The summed E-state index contributed by atoms with van der Waals surface area (Å²) in [6, 6.07) is 11.7. The first-order valence-corrected chi connectivity index (χ1v) is 8.02. The number of hydrogen-bond acceptors (Lipinski definition) is 4. The van der Waals surface area contributed by atoms with E-state index in [-0.39, 0.29) is 11.3 Å². The SMILES string of the molecule is CC(=O)c1cccc(Nc2cncc(C(=O)Nc3c(F)cccc3F)c2)c1. The van der Waals surface area contributed by atoms with Crippen LogP contribution in [0.2, 0.25) is 0 Å². The number of benzene rings is 2. The predicted molar refractivity (Wildman–Crippen MR) is 98.3 cm³/mol. The molecule has 0 aliphatic carbocycles. The summed E-state index contributed by atoms with van der Waals surface area (Å²) in [7, 11) is 0. The van der Waals surface area contributed by atoms with Gasteiger partial charge >= 0.3 is 0 Å². The summed E-state index contributed by atoms with van der Waals surface area (Å²) >= 11 is 0. The third kappa shape index (κ3) is 4.33. The molecule has 0 atom stereocenters. The van der Waals surface area contributed by atoms with Crippen LogP contribution in [0.15, 0.2) is 60.9 Å². The molecule has 7 heteroatoms. The van der Waals surface area contributed by atoms with Crippen LogP contribution in [0.5, 0.6) is 0 Å². The molecular formula is C20H15F2N3O2. The number of nitrogens with zero attached hydrogens (tertiary/aromatic N) is 1. The van der Waals surface area contributed by atoms with Crippen molar-refractivity contribution in [2.45, 2.75) is 6.92 Å². The molecule has 3 aromatic rings. The summed E-state index contributed by atoms with van der Waals surface area (Å²) in [4.78, 5) is 27.7. The summed E-state index contributed by atoms with van der Waals surface area (Å²) in [5.74, 6) is -2.51. The van der Waals surface area contributed by atoms with Gasteiger partial charge in [-0.05, 0) is 37.3 Å². The van der Waals surface area contributed by atoms with Gasteiger partial charge in [-0.15, -0.1) is 0 Å². The van der Waals surface area contributed by atoms with Crippen LogP contribution in [0.4, 0.5) is 25.8 Å². The average Bonchev–Trinajstić information content (AvgIpc) is 2.65. The van der Waals surface area contributed by atoms with E-state index in [9.17, 15) is 18.4 Å². The molecule has 0 saturated carbocycles. The molecule has 0 saturated heterocycles. The summed E-state index contributed by atoms with van der Waals surface area (Å²) in [5.41, 5.74) is 1.26. The fraction of sp³-hybridized carbons (Fsp3) is 0.0500. The zero-order valence-corrected chi connectivity index (χ0v) is 14.3. The van der Waals surface area contributed by atoms with Crippen LogP contribution in [-0.4, -0.2) is 16.7 Å². The Bertz CT molecular complexity index is 1000. The van der Waals surface area contributed by atoms with E-state index in [4.69, 9.17) is 0 Å². The van der Waals surface area contributed by atoms with Gasteiger partial charge in [-0.2, -0.15) is 0 Å². The minimum Gasteiger partial charge on any atom is -0.354 e. The maximum atomic E-state index is 13.7. The second kappa shape index (κ2) is 7.74. The van der Waals surface area contributed by atoms with E-state index in [1.807, 2.05) is 0 Å². The van der Waals surface area contributed by atoms with E-state index in [1.165, 1.54) is 31.5 Å². The van der Waals surface area contributed by atoms with Gasteiger partial charge in [-0.25, -0.2) is 8.78 Å². The predicted octanol–water partition coefficient (Wildman–Crippen LogP) is 4.56. The van der Waals surface area contributed by atoms with E-state index >= 15 is 0 Å². The van der Waals surface area contributed by atoms with E-state index in [2.05, 4.69) is 15.6 Å². The summed E-state index contributed by atoms with van der Waals surface area (Å²) in [6.07, 6.45) is 2.77. The second-order valence-corrected chi connectivity index (χ2v) is 5.78. The van der Waals surface area contributed by atoms with Crippen LogP contribution in [0.3, 0.4) is 0 Å². The smallest absolute Gasteiger partial charge is 0.257 e. The number of carbonyl (C=O) groups is 2. The van der Waals surface area contributed by atoms with Gasteiger partial charge in [0.05, 0.1) is 17.4 Å². The summed E-state index contributed by atoms with van der Waals surface area (Å²) in [6.45, 7) is 1.47. The van der Waals surface area contributed by atoms with Crippen molar-refractivity contribution in [1.82, 2.24) is 4.98 Å². The van der Waals surface area contributed by atoms with Gasteiger partial charge in [0.15, 0.2) is 5.78 Å². The van der Waals surface area contributed by atoms with Gasteiger partial charge in [0.1, 0.15) is 17.3 Å². The number of carbonyl (C=O) groups excluding carboxylic acids is 2. The molecule has 0 unspecified atom stereocenters. The summed E-state index contributed by atoms with van der Waals surface area (Å²) < 4.78 is 27.4. The molecule has 1 amide bonds. The van der Waals surface area contributed by atoms with Crippen LogP contribution in [0, 0.1) is 11.6 Å². The Morgan fingerprint density at radius 3 is 2.26 bits per heavy atom.